The molecule has 0 aliphatic carbocycles. The Bertz CT molecular complexity index is 699. The molecule has 1 heterocycles. The van der Waals surface area contributed by atoms with E-state index >= 15 is 0 Å². The molecule has 3 aromatic rings. The van der Waals surface area contributed by atoms with Gasteiger partial charge in [0, 0.05) is 17.1 Å². The van der Waals surface area contributed by atoms with Crippen LogP contribution in [-0.4, -0.2) is 4.98 Å². The highest BCUT2D eigenvalue weighted by atomic mass is 14.7. The minimum Gasteiger partial charge on any atom is -0.256 e. The van der Waals surface area contributed by atoms with Gasteiger partial charge in [-0.2, -0.15) is 0 Å². The van der Waals surface area contributed by atoms with Crippen LogP contribution in [0, 0.1) is 0 Å². The van der Waals surface area contributed by atoms with Crippen LogP contribution in [-0.2, 0) is 0 Å². The molecule has 0 bridgehead atoms. The monoisotopic (exact) mass is 247 g/mol. The first kappa shape index (κ1) is 11.9. The van der Waals surface area contributed by atoms with Crippen LogP contribution in [0.2, 0.25) is 0 Å². The molecular weight excluding hydrogens is 230 g/mol. The van der Waals surface area contributed by atoms with E-state index in [-0.39, 0.29) is 0 Å². The summed E-state index contributed by atoms with van der Waals surface area (Å²) >= 11 is 0. The average Bonchev–Trinajstić information content (AvgIpc) is 2.47. The third-order valence-electron chi connectivity index (χ3n) is 3.50. The molecule has 0 amide bonds. The lowest BCUT2D eigenvalue weighted by atomic mass is 9.97. The molecule has 0 unspecified atom stereocenters. The Morgan fingerprint density at radius 3 is 2.42 bits per heavy atom. The van der Waals surface area contributed by atoms with Crippen molar-refractivity contribution < 1.29 is 0 Å². The molecule has 19 heavy (non-hydrogen) atoms. The van der Waals surface area contributed by atoms with E-state index in [0.29, 0.717) is 5.92 Å². The summed E-state index contributed by atoms with van der Waals surface area (Å²) in [5, 5.41) is 2.48. The normalized spacial score (nSPS) is 11.1. The lowest BCUT2D eigenvalue weighted by Gasteiger charge is -2.10. The van der Waals surface area contributed by atoms with Gasteiger partial charge < -0.3 is 0 Å². The van der Waals surface area contributed by atoms with Crippen LogP contribution in [0.3, 0.4) is 0 Å². The zero-order valence-electron chi connectivity index (χ0n) is 11.3. The number of nitrogens with zero attached hydrogens (tertiary/aromatic N) is 1. The van der Waals surface area contributed by atoms with Gasteiger partial charge in [-0.3, -0.25) is 4.98 Å². The second-order valence-corrected chi connectivity index (χ2v) is 5.16. The van der Waals surface area contributed by atoms with Gasteiger partial charge in [-0.05, 0) is 29.0 Å². The molecule has 1 heteroatoms. The molecule has 2 aromatic carbocycles. The Kier molecular flexibility index (Phi) is 3.04. The Morgan fingerprint density at radius 1 is 0.895 bits per heavy atom. The summed E-state index contributed by atoms with van der Waals surface area (Å²) in [6.45, 7) is 4.44. The molecule has 0 saturated heterocycles. The quantitative estimate of drug-likeness (QED) is 0.619. The summed E-state index contributed by atoms with van der Waals surface area (Å²) < 4.78 is 0. The molecule has 0 atom stereocenters. The van der Waals surface area contributed by atoms with Gasteiger partial charge in [-0.1, -0.05) is 56.3 Å². The number of fused-ring (bicyclic) bond motifs is 1. The number of hydrogen-bond acceptors (Lipinski definition) is 1. The molecule has 1 nitrogen and oxygen atoms in total. The Hall–Kier alpha value is -2.15. The number of hydrogen-bond donors (Lipinski definition) is 0. The van der Waals surface area contributed by atoms with Crippen LogP contribution in [0.4, 0.5) is 0 Å². The van der Waals surface area contributed by atoms with Crippen LogP contribution >= 0.6 is 0 Å². The fourth-order valence-corrected chi connectivity index (χ4v) is 2.37. The van der Waals surface area contributed by atoms with Crippen molar-refractivity contribution >= 4 is 10.8 Å². The third kappa shape index (κ3) is 2.24. The standard InChI is InChI=1S/C18H17N/c1-13(2)16-9-8-14-10-11-19-18(17(14)12-16)15-6-4-3-5-7-15/h3-13H,1-2H3. The highest BCUT2D eigenvalue weighted by molar-refractivity contribution is 5.94. The van der Waals surface area contributed by atoms with Crippen LogP contribution in [0.15, 0.2) is 60.8 Å². The second-order valence-electron chi connectivity index (χ2n) is 5.16. The van der Waals surface area contributed by atoms with Gasteiger partial charge in [0.2, 0.25) is 0 Å². The fraction of sp³-hybridized carbons (Fsp3) is 0.167. The van der Waals surface area contributed by atoms with E-state index in [4.69, 9.17) is 0 Å². The smallest absolute Gasteiger partial charge is 0.0780 e. The van der Waals surface area contributed by atoms with E-state index in [2.05, 4.69) is 67.4 Å². The Morgan fingerprint density at radius 2 is 1.68 bits per heavy atom. The molecule has 0 aliphatic rings. The van der Waals surface area contributed by atoms with Crippen LogP contribution < -0.4 is 0 Å². The molecule has 0 N–H and O–H groups in total. The van der Waals surface area contributed by atoms with E-state index in [1.54, 1.807) is 0 Å². The van der Waals surface area contributed by atoms with Crippen molar-refractivity contribution in [1.82, 2.24) is 4.98 Å². The van der Waals surface area contributed by atoms with E-state index in [1.807, 2.05) is 12.3 Å². The molecular formula is C18H17N. The SMILES string of the molecule is CC(C)c1ccc2ccnc(-c3ccccc3)c2c1. The van der Waals surface area contributed by atoms with Crippen molar-refractivity contribution in [2.75, 3.05) is 0 Å². The number of pyridine rings is 1. The third-order valence-corrected chi connectivity index (χ3v) is 3.50. The molecule has 0 aliphatic heterocycles. The summed E-state index contributed by atoms with van der Waals surface area (Å²) in [5.74, 6) is 0.535. The number of benzene rings is 2. The van der Waals surface area contributed by atoms with Gasteiger partial charge in [0.15, 0.2) is 0 Å². The molecule has 0 saturated carbocycles. The summed E-state index contributed by atoms with van der Waals surface area (Å²) in [5.41, 5.74) is 3.60. The van der Waals surface area contributed by atoms with Gasteiger partial charge in [-0.25, -0.2) is 0 Å². The van der Waals surface area contributed by atoms with Gasteiger partial charge in [0.05, 0.1) is 5.69 Å². The van der Waals surface area contributed by atoms with Gasteiger partial charge >= 0.3 is 0 Å². The predicted octanol–water partition coefficient (Wildman–Crippen LogP) is 5.03. The highest BCUT2D eigenvalue weighted by Gasteiger charge is 2.07. The summed E-state index contributed by atoms with van der Waals surface area (Å²) in [7, 11) is 0. The van der Waals surface area contributed by atoms with Crippen molar-refractivity contribution in [3.63, 3.8) is 0 Å². The molecule has 0 fully saturated rings. The Balaban J connectivity index is 2.27. The first-order valence-electron chi connectivity index (χ1n) is 6.70. The van der Waals surface area contributed by atoms with Crippen molar-refractivity contribution in [3.05, 3.63) is 66.4 Å². The molecule has 0 spiro atoms. The predicted molar refractivity (Wildman–Crippen MR) is 81.3 cm³/mol. The van der Waals surface area contributed by atoms with Gasteiger partial charge in [-0.15, -0.1) is 0 Å². The highest BCUT2D eigenvalue weighted by Crippen LogP contribution is 2.28. The topological polar surface area (TPSA) is 12.9 Å². The fourth-order valence-electron chi connectivity index (χ4n) is 2.37. The van der Waals surface area contributed by atoms with Crippen LogP contribution in [0.25, 0.3) is 22.0 Å². The summed E-state index contributed by atoms with van der Waals surface area (Å²) in [6, 6.07) is 19.1. The van der Waals surface area contributed by atoms with E-state index in [0.717, 1.165) is 5.69 Å². The van der Waals surface area contributed by atoms with Gasteiger partial charge in [0.1, 0.15) is 0 Å². The van der Waals surface area contributed by atoms with E-state index < -0.39 is 0 Å². The lowest BCUT2D eigenvalue weighted by Crippen LogP contribution is -1.90. The Labute approximate surface area is 113 Å². The first-order valence-corrected chi connectivity index (χ1v) is 6.70. The van der Waals surface area contributed by atoms with Crippen molar-refractivity contribution in [2.24, 2.45) is 0 Å². The zero-order chi connectivity index (χ0) is 13.2. The molecule has 0 radical (unpaired) electrons. The molecule has 94 valence electrons. The average molecular weight is 247 g/mol. The maximum absolute atomic E-state index is 4.58. The molecule has 1 aromatic heterocycles. The maximum Gasteiger partial charge on any atom is 0.0780 e. The number of rotatable bonds is 2. The van der Waals surface area contributed by atoms with E-state index in [9.17, 15) is 0 Å². The lowest BCUT2D eigenvalue weighted by molar-refractivity contribution is 0.869. The largest absolute Gasteiger partial charge is 0.256 e. The minimum absolute atomic E-state index is 0.535. The van der Waals surface area contributed by atoms with Crippen LogP contribution in [0.5, 0.6) is 0 Å². The minimum atomic E-state index is 0.535. The first-order chi connectivity index (χ1) is 9.25. The summed E-state index contributed by atoms with van der Waals surface area (Å²) in [6.07, 6.45) is 1.89. The second kappa shape index (κ2) is 4.85. The van der Waals surface area contributed by atoms with Crippen molar-refractivity contribution in [3.8, 4) is 11.3 Å². The number of aromatic nitrogens is 1. The van der Waals surface area contributed by atoms with Crippen LogP contribution in [0.1, 0.15) is 25.3 Å². The van der Waals surface area contributed by atoms with E-state index in [1.165, 1.54) is 21.9 Å². The summed E-state index contributed by atoms with van der Waals surface area (Å²) in [4.78, 5) is 4.58. The van der Waals surface area contributed by atoms with Crippen molar-refractivity contribution in [2.45, 2.75) is 19.8 Å². The van der Waals surface area contributed by atoms with Crippen molar-refractivity contribution in [1.29, 1.82) is 0 Å². The zero-order valence-corrected chi connectivity index (χ0v) is 11.3. The van der Waals surface area contributed by atoms with Gasteiger partial charge in [0.25, 0.3) is 0 Å². The molecule has 3 rings (SSSR count). The maximum atomic E-state index is 4.58.